The molecule has 1 heterocycles. The minimum Gasteiger partial charge on any atom is -0.340 e. The van der Waals surface area contributed by atoms with Gasteiger partial charge in [-0.25, -0.2) is 0 Å². The third-order valence-electron chi connectivity index (χ3n) is 5.39. The van der Waals surface area contributed by atoms with E-state index in [1.165, 1.54) is 0 Å². The normalized spacial score (nSPS) is 27.2. The van der Waals surface area contributed by atoms with Crippen LogP contribution in [0.4, 0.5) is 0 Å². The van der Waals surface area contributed by atoms with Gasteiger partial charge in [-0.3, -0.25) is 14.5 Å². The summed E-state index contributed by atoms with van der Waals surface area (Å²) in [5.41, 5.74) is 0. The second-order valence-corrected chi connectivity index (χ2v) is 7.47. The van der Waals surface area contributed by atoms with Gasteiger partial charge in [-0.15, -0.1) is 0 Å². The fourth-order valence-electron chi connectivity index (χ4n) is 3.75. The molecule has 126 valence electrons. The van der Waals surface area contributed by atoms with E-state index in [-0.39, 0.29) is 0 Å². The number of piperazine rings is 1. The second-order valence-electron chi connectivity index (χ2n) is 7.47. The number of rotatable bonds is 5. The van der Waals surface area contributed by atoms with Crippen molar-refractivity contribution in [1.29, 1.82) is 0 Å². The molecule has 0 unspecified atom stereocenters. The molecule has 2 rings (SSSR count). The van der Waals surface area contributed by atoms with Crippen molar-refractivity contribution in [2.24, 2.45) is 11.8 Å². The molecule has 0 aromatic heterocycles. The minimum absolute atomic E-state index is 0.301. The van der Waals surface area contributed by atoms with Gasteiger partial charge < -0.3 is 4.90 Å². The third kappa shape index (κ3) is 4.80. The van der Waals surface area contributed by atoms with Crippen molar-refractivity contribution in [3.63, 3.8) is 0 Å². The van der Waals surface area contributed by atoms with Gasteiger partial charge >= 0.3 is 0 Å². The molecular weight excluding hydrogens is 276 g/mol. The number of Topliss-reactive ketones (excluding diaryl/α,β-unsaturated/α-hetero) is 1. The van der Waals surface area contributed by atoms with Crippen LogP contribution < -0.4 is 0 Å². The van der Waals surface area contributed by atoms with E-state index in [2.05, 4.69) is 18.7 Å². The number of carbonyl (C=O) groups excluding carboxylic acids is 2. The van der Waals surface area contributed by atoms with Gasteiger partial charge in [-0.1, -0.05) is 13.8 Å². The Balaban J connectivity index is 1.71. The van der Waals surface area contributed by atoms with Gasteiger partial charge in [0.15, 0.2) is 0 Å². The van der Waals surface area contributed by atoms with Gasteiger partial charge in [0.25, 0.3) is 0 Å². The average molecular weight is 308 g/mol. The van der Waals surface area contributed by atoms with E-state index in [0.29, 0.717) is 36.0 Å². The molecule has 0 radical (unpaired) electrons. The fourth-order valence-corrected chi connectivity index (χ4v) is 3.75. The van der Waals surface area contributed by atoms with Crippen molar-refractivity contribution in [2.75, 3.05) is 26.2 Å². The maximum Gasteiger partial charge on any atom is 0.222 e. The summed E-state index contributed by atoms with van der Waals surface area (Å²) in [6, 6.07) is 0.628. The Morgan fingerprint density at radius 3 is 2.09 bits per heavy atom. The maximum atomic E-state index is 12.2. The minimum atomic E-state index is 0.301. The second kappa shape index (κ2) is 8.09. The van der Waals surface area contributed by atoms with E-state index in [1.54, 1.807) is 6.92 Å². The number of nitrogens with zero attached hydrogens (tertiary/aromatic N) is 2. The number of carbonyl (C=O) groups is 2. The number of hydrogen-bond acceptors (Lipinski definition) is 3. The van der Waals surface area contributed by atoms with Gasteiger partial charge in [0, 0.05) is 44.6 Å². The molecule has 2 aliphatic rings. The van der Waals surface area contributed by atoms with Crippen molar-refractivity contribution >= 4 is 11.7 Å². The summed E-state index contributed by atoms with van der Waals surface area (Å²) in [5.74, 6) is 1.59. The molecule has 2 fully saturated rings. The average Bonchev–Trinajstić information content (AvgIpc) is 2.53. The summed E-state index contributed by atoms with van der Waals surface area (Å²) in [4.78, 5) is 28.2. The maximum absolute atomic E-state index is 12.2. The lowest BCUT2D eigenvalue weighted by Gasteiger charge is -2.41. The van der Waals surface area contributed by atoms with Gasteiger partial charge in [0.1, 0.15) is 5.78 Å². The van der Waals surface area contributed by atoms with Crippen LogP contribution in [0.1, 0.15) is 59.3 Å². The first kappa shape index (κ1) is 17.5. The van der Waals surface area contributed by atoms with Crippen LogP contribution in [-0.2, 0) is 9.59 Å². The molecule has 1 aliphatic heterocycles. The van der Waals surface area contributed by atoms with Gasteiger partial charge in [-0.2, -0.15) is 0 Å². The van der Waals surface area contributed by atoms with E-state index in [4.69, 9.17) is 0 Å². The molecular formula is C18H32N2O2. The first-order valence-electron chi connectivity index (χ1n) is 8.99. The quantitative estimate of drug-likeness (QED) is 0.784. The van der Waals surface area contributed by atoms with Crippen molar-refractivity contribution in [3.05, 3.63) is 0 Å². The first-order valence-corrected chi connectivity index (χ1v) is 8.99. The Bertz CT molecular complexity index is 379. The van der Waals surface area contributed by atoms with Crippen molar-refractivity contribution < 1.29 is 9.59 Å². The Morgan fingerprint density at radius 1 is 1.00 bits per heavy atom. The summed E-state index contributed by atoms with van der Waals surface area (Å²) in [6.07, 6.45) is 6.08. The highest BCUT2D eigenvalue weighted by molar-refractivity contribution is 5.78. The SMILES string of the molecule is CC(=O)C1CCC(N2CCN(C(=O)CCC(C)C)CC2)CC1. The van der Waals surface area contributed by atoms with Crippen molar-refractivity contribution in [1.82, 2.24) is 9.80 Å². The topological polar surface area (TPSA) is 40.6 Å². The van der Waals surface area contributed by atoms with Crippen LogP contribution in [0, 0.1) is 11.8 Å². The van der Waals surface area contributed by atoms with Crippen LogP contribution >= 0.6 is 0 Å². The zero-order valence-electron chi connectivity index (χ0n) is 14.5. The molecule has 4 nitrogen and oxygen atoms in total. The Hall–Kier alpha value is -0.900. The molecule has 1 aliphatic carbocycles. The highest BCUT2D eigenvalue weighted by Gasteiger charge is 2.30. The monoisotopic (exact) mass is 308 g/mol. The summed E-state index contributed by atoms with van der Waals surface area (Å²) >= 11 is 0. The number of hydrogen-bond donors (Lipinski definition) is 0. The highest BCUT2D eigenvalue weighted by atomic mass is 16.2. The summed E-state index contributed by atoms with van der Waals surface area (Å²) in [6.45, 7) is 9.83. The summed E-state index contributed by atoms with van der Waals surface area (Å²) in [5, 5.41) is 0. The third-order valence-corrected chi connectivity index (χ3v) is 5.39. The molecule has 0 atom stereocenters. The number of ketones is 1. The largest absolute Gasteiger partial charge is 0.340 e. The molecule has 0 aromatic rings. The van der Waals surface area contributed by atoms with Crippen LogP contribution in [0.3, 0.4) is 0 Å². The molecule has 1 amide bonds. The van der Waals surface area contributed by atoms with E-state index in [9.17, 15) is 9.59 Å². The van der Waals surface area contributed by atoms with Crippen molar-refractivity contribution in [2.45, 2.75) is 65.3 Å². The lowest BCUT2D eigenvalue weighted by Crippen LogP contribution is -2.52. The predicted octanol–water partition coefficient (Wildman–Crippen LogP) is 2.71. The van der Waals surface area contributed by atoms with E-state index in [1.807, 2.05) is 4.90 Å². The molecule has 4 heteroatoms. The fraction of sp³-hybridized carbons (Fsp3) is 0.889. The zero-order valence-corrected chi connectivity index (χ0v) is 14.5. The summed E-state index contributed by atoms with van der Waals surface area (Å²) in [7, 11) is 0. The van der Waals surface area contributed by atoms with Crippen LogP contribution in [0.5, 0.6) is 0 Å². The van der Waals surface area contributed by atoms with Crippen LogP contribution in [0.25, 0.3) is 0 Å². The van der Waals surface area contributed by atoms with Crippen molar-refractivity contribution in [3.8, 4) is 0 Å². The Kier molecular flexibility index (Phi) is 6.42. The molecule has 22 heavy (non-hydrogen) atoms. The Morgan fingerprint density at radius 2 is 1.59 bits per heavy atom. The van der Waals surface area contributed by atoms with E-state index < -0.39 is 0 Å². The highest BCUT2D eigenvalue weighted by Crippen LogP contribution is 2.28. The molecule has 1 saturated heterocycles. The van der Waals surface area contributed by atoms with Gasteiger partial charge in [0.05, 0.1) is 0 Å². The lowest BCUT2D eigenvalue weighted by atomic mass is 9.83. The van der Waals surface area contributed by atoms with Crippen LogP contribution in [-0.4, -0.2) is 53.7 Å². The Labute approximate surface area is 135 Å². The number of amides is 1. The lowest BCUT2D eigenvalue weighted by molar-refractivity contribution is -0.134. The molecule has 1 saturated carbocycles. The zero-order chi connectivity index (χ0) is 16.1. The molecule has 0 N–H and O–H groups in total. The van der Waals surface area contributed by atoms with E-state index >= 15 is 0 Å². The predicted molar refractivity (Wildman–Crippen MR) is 88.7 cm³/mol. The molecule has 0 spiro atoms. The van der Waals surface area contributed by atoms with Gasteiger partial charge in [-0.05, 0) is 44.9 Å². The smallest absolute Gasteiger partial charge is 0.222 e. The van der Waals surface area contributed by atoms with Crippen LogP contribution in [0.2, 0.25) is 0 Å². The summed E-state index contributed by atoms with van der Waals surface area (Å²) < 4.78 is 0. The van der Waals surface area contributed by atoms with E-state index in [0.717, 1.165) is 58.3 Å². The molecule has 0 aromatic carbocycles. The van der Waals surface area contributed by atoms with Crippen LogP contribution in [0.15, 0.2) is 0 Å². The first-order chi connectivity index (χ1) is 10.5. The standard InChI is InChI=1S/C18H32N2O2/c1-14(2)4-9-18(22)20-12-10-19(11-13-20)17-7-5-16(6-8-17)15(3)21/h14,16-17H,4-13H2,1-3H3. The van der Waals surface area contributed by atoms with Gasteiger partial charge in [0.2, 0.25) is 5.91 Å². The molecule has 0 bridgehead atoms.